The Morgan fingerprint density at radius 3 is 2.31 bits per heavy atom. The molecule has 0 unspecified atom stereocenters. The van der Waals surface area contributed by atoms with E-state index in [-0.39, 0.29) is 5.92 Å². The van der Waals surface area contributed by atoms with Crippen molar-refractivity contribution in [2.24, 2.45) is 0 Å². The highest BCUT2D eigenvalue weighted by molar-refractivity contribution is 7.92. The number of rotatable bonds is 5. The minimum Gasteiger partial charge on any atom is -0.237 e. The van der Waals surface area contributed by atoms with Crippen LogP contribution in [0.2, 0.25) is 0 Å². The van der Waals surface area contributed by atoms with Gasteiger partial charge in [0.1, 0.15) is 4.75 Å². The highest BCUT2D eigenvalue weighted by Gasteiger charge is 2.60. The van der Waals surface area contributed by atoms with Gasteiger partial charge in [-0.15, -0.1) is 5.10 Å². The molecule has 1 saturated carbocycles. The van der Waals surface area contributed by atoms with Crippen molar-refractivity contribution in [3.63, 3.8) is 0 Å². The zero-order valence-corrected chi connectivity index (χ0v) is 15.5. The van der Waals surface area contributed by atoms with E-state index >= 15 is 0 Å². The van der Waals surface area contributed by atoms with Crippen LogP contribution >= 0.6 is 0 Å². The Labute approximate surface area is 152 Å². The van der Waals surface area contributed by atoms with Crippen molar-refractivity contribution in [1.82, 2.24) is 19.7 Å². The second-order valence-corrected chi connectivity index (χ2v) is 9.12. The summed E-state index contributed by atoms with van der Waals surface area (Å²) in [6.45, 7) is 3.99. The largest absolute Gasteiger partial charge is 0.237 e. The molecular formula is C19H20N4O2S. The minimum atomic E-state index is -3.57. The molecule has 26 heavy (non-hydrogen) atoms. The average Bonchev–Trinajstić information content (AvgIpc) is 3.36. The Balaban J connectivity index is 1.90. The summed E-state index contributed by atoms with van der Waals surface area (Å²) in [5.74, 6) is 1.76. The fraction of sp³-hybridized carbons (Fsp3) is 0.316. The van der Waals surface area contributed by atoms with Gasteiger partial charge in [0.2, 0.25) is 0 Å². The van der Waals surface area contributed by atoms with Gasteiger partial charge in [-0.3, -0.25) is 0 Å². The third-order valence-electron chi connectivity index (χ3n) is 4.69. The summed E-state index contributed by atoms with van der Waals surface area (Å²) in [5, 5.41) is 4.57. The lowest BCUT2D eigenvalue weighted by Gasteiger charge is -2.16. The molecule has 7 heteroatoms. The molecule has 1 aliphatic rings. The third-order valence-corrected chi connectivity index (χ3v) is 7.20. The van der Waals surface area contributed by atoms with Gasteiger partial charge in [-0.25, -0.2) is 18.4 Å². The van der Waals surface area contributed by atoms with Gasteiger partial charge >= 0.3 is 0 Å². The topological polar surface area (TPSA) is 77.7 Å². The number of pyridine rings is 1. The van der Waals surface area contributed by atoms with Crippen molar-refractivity contribution < 1.29 is 8.42 Å². The summed E-state index contributed by atoms with van der Waals surface area (Å²) < 4.78 is 27.3. The number of benzene rings is 1. The molecule has 3 aromatic rings. The van der Waals surface area contributed by atoms with Gasteiger partial charge in [0.25, 0.3) is 0 Å². The van der Waals surface area contributed by atoms with Crippen LogP contribution in [-0.4, -0.2) is 28.2 Å². The van der Waals surface area contributed by atoms with Crippen molar-refractivity contribution in [2.75, 3.05) is 0 Å². The molecule has 0 saturated heterocycles. The average molecular weight is 368 g/mol. The fourth-order valence-corrected chi connectivity index (χ4v) is 5.04. The first-order valence-corrected chi connectivity index (χ1v) is 10.1. The zero-order valence-electron chi connectivity index (χ0n) is 14.7. The smallest absolute Gasteiger partial charge is 0.191 e. The van der Waals surface area contributed by atoms with E-state index in [1.54, 1.807) is 35.1 Å². The van der Waals surface area contributed by atoms with Gasteiger partial charge in [0.05, 0.1) is 4.90 Å². The molecule has 1 aromatic carbocycles. The molecule has 0 radical (unpaired) electrons. The molecule has 2 heterocycles. The van der Waals surface area contributed by atoms with E-state index in [1.807, 2.05) is 38.1 Å². The van der Waals surface area contributed by atoms with Crippen LogP contribution in [0, 0.1) is 0 Å². The van der Waals surface area contributed by atoms with Gasteiger partial charge < -0.3 is 0 Å². The van der Waals surface area contributed by atoms with Crippen LogP contribution in [0.3, 0.4) is 0 Å². The molecule has 0 amide bonds. The summed E-state index contributed by atoms with van der Waals surface area (Å²) in [4.78, 5) is 9.31. The van der Waals surface area contributed by atoms with Crippen LogP contribution in [0.25, 0.3) is 5.82 Å². The van der Waals surface area contributed by atoms with Crippen LogP contribution in [0.15, 0.2) is 59.6 Å². The zero-order chi connectivity index (χ0) is 18.4. The van der Waals surface area contributed by atoms with E-state index in [2.05, 4.69) is 15.1 Å². The molecule has 1 fully saturated rings. The number of aromatic nitrogens is 4. The van der Waals surface area contributed by atoms with Crippen LogP contribution in [0.5, 0.6) is 0 Å². The maximum absolute atomic E-state index is 13.4. The maximum atomic E-state index is 13.4. The third kappa shape index (κ3) is 2.54. The predicted molar refractivity (Wildman–Crippen MR) is 97.8 cm³/mol. The second kappa shape index (κ2) is 6.02. The number of sulfone groups is 1. The van der Waals surface area contributed by atoms with E-state index in [0.29, 0.717) is 35.2 Å². The lowest BCUT2D eigenvalue weighted by atomic mass is 10.2. The molecule has 0 spiro atoms. The van der Waals surface area contributed by atoms with Gasteiger partial charge in [-0.2, -0.15) is 4.68 Å². The summed E-state index contributed by atoms with van der Waals surface area (Å²) >= 11 is 0. The van der Waals surface area contributed by atoms with Gasteiger partial charge in [0.15, 0.2) is 27.3 Å². The first-order valence-electron chi connectivity index (χ1n) is 8.64. The van der Waals surface area contributed by atoms with Crippen molar-refractivity contribution in [1.29, 1.82) is 0 Å². The van der Waals surface area contributed by atoms with Crippen molar-refractivity contribution in [3.8, 4) is 5.82 Å². The molecule has 4 rings (SSSR count). The van der Waals surface area contributed by atoms with Crippen LogP contribution in [-0.2, 0) is 14.6 Å². The molecular weight excluding hydrogens is 348 g/mol. The maximum Gasteiger partial charge on any atom is 0.191 e. The molecule has 0 bridgehead atoms. The first-order chi connectivity index (χ1) is 12.5. The summed E-state index contributed by atoms with van der Waals surface area (Å²) in [7, 11) is -3.57. The molecule has 134 valence electrons. The van der Waals surface area contributed by atoms with E-state index in [9.17, 15) is 8.42 Å². The van der Waals surface area contributed by atoms with E-state index in [1.165, 1.54) is 0 Å². The Kier molecular flexibility index (Phi) is 3.91. The van der Waals surface area contributed by atoms with Gasteiger partial charge in [0, 0.05) is 12.1 Å². The molecule has 0 aliphatic heterocycles. The molecule has 0 N–H and O–H groups in total. The number of nitrogens with zero attached hydrogens (tertiary/aromatic N) is 4. The van der Waals surface area contributed by atoms with E-state index in [4.69, 9.17) is 0 Å². The lowest BCUT2D eigenvalue weighted by molar-refractivity contribution is 0.571. The van der Waals surface area contributed by atoms with Crippen molar-refractivity contribution in [3.05, 3.63) is 66.4 Å². The van der Waals surface area contributed by atoms with Gasteiger partial charge in [-0.1, -0.05) is 38.1 Å². The SMILES string of the molecule is CC(C)c1nc(C2(S(=O)(=O)c3ccccc3)CC2)n(-c2ccccn2)n1. The normalized spacial score (nSPS) is 16.0. The summed E-state index contributed by atoms with van der Waals surface area (Å²) in [6.07, 6.45) is 2.74. The lowest BCUT2D eigenvalue weighted by Crippen LogP contribution is -2.25. The Hall–Kier alpha value is -2.54. The van der Waals surface area contributed by atoms with Crippen LogP contribution < -0.4 is 0 Å². The first kappa shape index (κ1) is 16.9. The Bertz CT molecular complexity index is 1020. The summed E-state index contributed by atoms with van der Waals surface area (Å²) in [5.41, 5.74) is 0. The molecule has 2 aromatic heterocycles. The Morgan fingerprint density at radius 2 is 1.73 bits per heavy atom. The minimum absolute atomic E-state index is 0.0916. The quantitative estimate of drug-likeness (QED) is 0.691. The Morgan fingerprint density at radius 1 is 1.04 bits per heavy atom. The fourth-order valence-electron chi connectivity index (χ4n) is 3.06. The summed E-state index contributed by atoms with van der Waals surface area (Å²) in [6, 6.07) is 14.1. The number of hydrogen-bond donors (Lipinski definition) is 0. The monoisotopic (exact) mass is 368 g/mol. The van der Waals surface area contributed by atoms with E-state index < -0.39 is 14.6 Å². The standard InChI is InChI=1S/C19H20N4O2S/c1-14(2)17-21-18(23(22-17)16-10-6-7-13-20-16)19(11-12-19)26(24,25)15-8-4-3-5-9-15/h3-10,13-14H,11-12H2,1-2H3. The van der Waals surface area contributed by atoms with E-state index in [0.717, 1.165) is 0 Å². The van der Waals surface area contributed by atoms with Crippen molar-refractivity contribution in [2.45, 2.75) is 42.2 Å². The van der Waals surface area contributed by atoms with Crippen molar-refractivity contribution >= 4 is 9.84 Å². The molecule has 6 nitrogen and oxygen atoms in total. The molecule has 0 atom stereocenters. The van der Waals surface area contributed by atoms with Crippen LogP contribution in [0.4, 0.5) is 0 Å². The molecule has 1 aliphatic carbocycles. The highest BCUT2D eigenvalue weighted by atomic mass is 32.2. The van der Waals surface area contributed by atoms with Gasteiger partial charge in [-0.05, 0) is 37.1 Å². The highest BCUT2D eigenvalue weighted by Crippen LogP contribution is 2.54. The predicted octanol–water partition coefficient (Wildman–Crippen LogP) is 3.25. The second-order valence-electron chi connectivity index (χ2n) is 6.86. The number of hydrogen-bond acceptors (Lipinski definition) is 5. The van der Waals surface area contributed by atoms with Crippen LogP contribution in [0.1, 0.15) is 44.3 Å².